The molecule has 11 nitrogen and oxygen atoms in total. The lowest BCUT2D eigenvalue weighted by atomic mass is 10.0. The van der Waals surface area contributed by atoms with Gasteiger partial charge in [0.2, 0.25) is 0 Å². The number of unbranched alkanes of at least 4 members (excludes halogenated alkanes) is 32. The van der Waals surface area contributed by atoms with Gasteiger partial charge >= 0.3 is 25.7 Å². The number of nitrogens with two attached hydrogens (primary N) is 1. The number of hydrogen-bond acceptors (Lipinski definition) is 9. The van der Waals surface area contributed by atoms with Crippen LogP contribution < -0.4 is 5.73 Å². The van der Waals surface area contributed by atoms with Crippen molar-refractivity contribution in [3.05, 3.63) is 24.3 Å². The molecule has 0 fully saturated rings. The number of ether oxygens (including phenoxy) is 2. The molecule has 3 atom stereocenters. The predicted octanol–water partition coefficient (Wildman–Crippen LogP) is 15.0. The number of esters is 2. The van der Waals surface area contributed by atoms with Crippen LogP contribution in [0.15, 0.2) is 24.3 Å². The highest BCUT2D eigenvalue weighted by molar-refractivity contribution is 7.47. The smallest absolute Gasteiger partial charge is 0.472 e. The highest BCUT2D eigenvalue weighted by atomic mass is 31.2. The average molecular weight is 928 g/mol. The van der Waals surface area contributed by atoms with E-state index in [1.807, 2.05) is 0 Å². The molecule has 376 valence electrons. The Morgan fingerprint density at radius 2 is 0.828 bits per heavy atom. The van der Waals surface area contributed by atoms with E-state index < -0.39 is 51.1 Å². The number of hydrogen-bond donors (Lipinski definition) is 3. The van der Waals surface area contributed by atoms with Crippen LogP contribution in [0.5, 0.6) is 0 Å². The number of rotatable bonds is 50. The van der Waals surface area contributed by atoms with E-state index in [4.69, 9.17) is 24.8 Å². The fraction of sp³-hybridized carbons (Fsp3) is 0.865. The van der Waals surface area contributed by atoms with Gasteiger partial charge in [0.05, 0.1) is 13.2 Å². The molecule has 0 spiro atoms. The molecule has 0 saturated carbocycles. The maximum atomic E-state index is 12.7. The van der Waals surface area contributed by atoms with Gasteiger partial charge in [-0.1, -0.05) is 224 Å². The van der Waals surface area contributed by atoms with Gasteiger partial charge in [0.25, 0.3) is 0 Å². The number of aliphatic carboxylic acids is 1. The van der Waals surface area contributed by atoms with Crippen molar-refractivity contribution in [3.63, 3.8) is 0 Å². The van der Waals surface area contributed by atoms with Gasteiger partial charge in [0.1, 0.15) is 12.6 Å². The molecule has 0 saturated heterocycles. The molecule has 64 heavy (non-hydrogen) atoms. The van der Waals surface area contributed by atoms with Crippen LogP contribution in [0.1, 0.15) is 258 Å². The van der Waals surface area contributed by atoms with Gasteiger partial charge in [-0.05, 0) is 44.9 Å². The summed E-state index contributed by atoms with van der Waals surface area (Å²) in [5, 5.41) is 8.92. The summed E-state index contributed by atoms with van der Waals surface area (Å²) in [6.45, 7) is 2.82. The number of carboxylic acid groups (broad SMARTS) is 1. The topological polar surface area (TPSA) is 172 Å². The Bertz CT molecular complexity index is 1180. The van der Waals surface area contributed by atoms with Crippen LogP contribution >= 0.6 is 7.82 Å². The normalized spacial score (nSPS) is 13.7. The van der Waals surface area contributed by atoms with Crippen LogP contribution in [0.4, 0.5) is 0 Å². The molecule has 0 heterocycles. The first-order valence-electron chi connectivity index (χ1n) is 26.4. The minimum absolute atomic E-state index is 0.165. The third-order valence-corrected chi connectivity index (χ3v) is 12.7. The summed E-state index contributed by atoms with van der Waals surface area (Å²) in [7, 11) is -4.72. The van der Waals surface area contributed by atoms with E-state index in [-0.39, 0.29) is 19.4 Å². The fourth-order valence-electron chi connectivity index (χ4n) is 7.57. The van der Waals surface area contributed by atoms with Gasteiger partial charge in [-0.25, -0.2) is 4.57 Å². The summed E-state index contributed by atoms with van der Waals surface area (Å²) in [5.41, 5.74) is 5.35. The summed E-state index contributed by atoms with van der Waals surface area (Å²) in [6.07, 6.45) is 52.4. The number of phosphoric acid groups is 1. The minimum atomic E-state index is -4.72. The van der Waals surface area contributed by atoms with E-state index in [1.165, 1.54) is 167 Å². The van der Waals surface area contributed by atoms with Crippen LogP contribution in [-0.2, 0) is 37.5 Å². The molecular weight excluding hydrogens is 830 g/mol. The van der Waals surface area contributed by atoms with Gasteiger partial charge in [-0.15, -0.1) is 0 Å². The molecule has 0 bridgehead atoms. The molecule has 0 aromatic carbocycles. The Labute approximate surface area is 391 Å². The van der Waals surface area contributed by atoms with Crippen molar-refractivity contribution < 1.29 is 47.5 Å². The Hall–Kier alpha value is -2.04. The second-order valence-corrected chi connectivity index (χ2v) is 19.5. The zero-order chi connectivity index (χ0) is 47.0. The molecule has 0 aliphatic heterocycles. The maximum absolute atomic E-state index is 12.7. The number of phosphoric ester groups is 1. The highest BCUT2D eigenvalue weighted by Crippen LogP contribution is 2.43. The molecule has 0 rings (SSSR count). The number of carbonyl (C=O) groups excluding carboxylic acids is 2. The van der Waals surface area contributed by atoms with E-state index in [2.05, 4.69) is 42.7 Å². The van der Waals surface area contributed by atoms with Gasteiger partial charge in [-0.3, -0.25) is 23.4 Å². The third kappa shape index (κ3) is 46.5. The zero-order valence-electron chi connectivity index (χ0n) is 41.1. The van der Waals surface area contributed by atoms with E-state index in [1.54, 1.807) is 0 Å². The number of carboxylic acids is 1. The predicted molar refractivity (Wildman–Crippen MR) is 263 cm³/mol. The van der Waals surface area contributed by atoms with Crippen LogP contribution in [0.25, 0.3) is 0 Å². The minimum Gasteiger partial charge on any atom is -0.480 e. The molecule has 0 aromatic heterocycles. The summed E-state index contributed by atoms with van der Waals surface area (Å²) in [4.78, 5) is 46.2. The quantitative estimate of drug-likeness (QED) is 0.0229. The summed E-state index contributed by atoms with van der Waals surface area (Å²) in [6, 6.07) is -1.52. The Morgan fingerprint density at radius 1 is 0.484 bits per heavy atom. The first-order chi connectivity index (χ1) is 31.1. The van der Waals surface area contributed by atoms with Crippen molar-refractivity contribution in [1.29, 1.82) is 0 Å². The van der Waals surface area contributed by atoms with Crippen LogP contribution in [-0.4, -0.2) is 59.9 Å². The Morgan fingerprint density at radius 3 is 1.25 bits per heavy atom. The van der Waals surface area contributed by atoms with E-state index in [0.29, 0.717) is 12.8 Å². The van der Waals surface area contributed by atoms with Gasteiger partial charge in [-0.2, -0.15) is 0 Å². The summed E-state index contributed by atoms with van der Waals surface area (Å²) in [5.74, 6) is -2.37. The fourth-order valence-corrected chi connectivity index (χ4v) is 8.35. The Balaban J connectivity index is 4.19. The van der Waals surface area contributed by atoms with Crippen molar-refractivity contribution in [2.24, 2.45) is 5.73 Å². The first kappa shape index (κ1) is 62.0. The van der Waals surface area contributed by atoms with Crippen molar-refractivity contribution in [1.82, 2.24) is 0 Å². The molecule has 4 N–H and O–H groups in total. The van der Waals surface area contributed by atoms with Crippen LogP contribution in [0, 0.1) is 0 Å². The van der Waals surface area contributed by atoms with Gasteiger partial charge in [0.15, 0.2) is 6.10 Å². The monoisotopic (exact) mass is 928 g/mol. The molecule has 0 amide bonds. The molecule has 0 aliphatic rings. The molecule has 0 aromatic rings. The van der Waals surface area contributed by atoms with Crippen molar-refractivity contribution in [3.8, 4) is 0 Å². The zero-order valence-corrected chi connectivity index (χ0v) is 42.0. The number of carbonyl (C=O) groups is 3. The lowest BCUT2D eigenvalue weighted by molar-refractivity contribution is -0.161. The van der Waals surface area contributed by atoms with E-state index in [0.717, 1.165) is 51.4 Å². The van der Waals surface area contributed by atoms with E-state index in [9.17, 15) is 23.8 Å². The molecule has 12 heteroatoms. The molecule has 0 aliphatic carbocycles. The second kappa shape index (κ2) is 47.5. The first-order valence-corrected chi connectivity index (χ1v) is 27.9. The third-order valence-electron chi connectivity index (χ3n) is 11.7. The molecule has 1 unspecified atom stereocenters. The standard InChI is InChI=1S/C52H98NO10P/c1-3-5-7-9-11-13-15-17-19-21-22-23-24-25-26-28-30-32-34-36-38-40-42-44-51(55)63-48(46-61-64(58,59)62-47-49(53)52(56)57)45-60-50(54)43-41-39-37-35-33-31-29-27-20-18-16-14-12-10-8-6-4-2/h12,14,18,20,48-49H,3-11,13,15-17,19,21-47,53H2,1-2H3,(H,56,57)(H,58,59)/b14-12+,20-18+/t48-,49-/m0/s1. The number of allylic oxidation sites excluding steroid dienone is 4. The summed E-state index contributed by atoms with van der Waals surface area (Å²) >= 11 is 0. The highest BCUT2D eigenvalue weighted by Gasteiger charge is 2.28. The lowest BCUT2D eigenvalue weighted by Gasteiger charge is -2.20. The van der Waals surface area contributed by atoms with Gasteiger partial charge < -0.3 is 25.2 Å². The lowest BCUT2D eigenvalue weighted by Crippen LogP contribution is -2.34. The van der Waals surface area contributed by atoms with E-state index >= 15 is 0 Å². The van der Waals surface area contributed by atoms with Crippen molar-refractivity contribution >= 4 is 25.7 Å². The average Bonchev–Trinajstić information content (AvgIpc) is 3.27. The largest absolute Gasteiger partial charge is 0.480 e. The van der Waals surface area contributed by atoms with Crippen molar-refractivity contribution in [2.45, 2.75) is 270 Å². The second-order valence-electron chi connectivity index (χ2n) is 18.0. The Kier molecular flexibility index (Phi) is 45.9. The van der Waals surface area contributed by atoms with Crippen LogP contribution in [0.3, 0.4) is 0 Å². The van der Waals surface area contributed by atoms with Crippen molar-refractivity contribution in [2.75, 3.05) is 19.8 Å². The maximum Gasteiger partial charge on any atom is 0.472 e. The SMILES string of the molecule is CCCCC/C=C/C/C=C/CCCCCCCCCC(=O)OC[C@@H](COP(=O)(O)OC[C@H](N)C(=O)O)OC(=O)CCCCCCCCCCCCCCCCCCCCCCCCC. The molecule has 0 radical (unpaired) electrons. The molecular formula is C52H98NO10P. The van der Waals surface area contributed by atoms with Crippen LogP contribution in [0.2, 0.25) is 0 Å². The summed E-state index contributed by atoms with van der Waals surface area (Å²) < 4.78 is 32.9. The van der Waals surface area contributed by atoms with Gasteiger partial charge in [0, 0.05) is 12.8 Å².